The molecule has 1 aromatic carbocycles. The molecule has 1 aliphatic heterocycles. The summed E-state index contributed by atoms with van der Waals surface area (Å²) < 4.78 is 11.4. The van der Waals surface area contributed by atoms with Gasteiger partial charge in [-0.05, 0) is 37.7 Å². The van der Waals surface area contributed by atoms with E-state index in [0.29, 0.717) is 35.0 Å². The number of fused-ring (bicyclic) bond motifs is 2. The van der Waals surface area contributed by atoms with Crippen LogP contribution in [0.3, 0.4) is 0 Å². The molecule has 2 aromatic heterocycles. The molecule has 0 saturated heterocycles. The lowest BCUT2D eigenvalue weighted by Crippen LogP contribution is -2.59. The van der Waals surface area contributed by atoms with Gasteiger partial charge in [-0.2, -0.15) is 0 Å². The number of carbonyl (C=O) groups excluding carboxylic acids is 2. The van der Waals surface area contributed by atoms with Crippen molar-refractivity contribution in [3.05, 3.63) is 50.6 Å². The van der Waals surface area contributed by atoms with Crippen molar-refractivity contribution in [1.29, 1.82) is 0 Å². The lowest BCUT2D eigenvalue weighted by molar-refractivity contribution is -0.228. The predicted molar refractivity (Wildman–Crippen MR) is 139 cm³/mol. The van der Waals surface area contributed by atoms with E-state index in [9.17, 15) is 9.59 Å². The highest BCUT2D eigenvalue weighted by molar-refractivity contribution is 7.13. The summed E-state index contributed by atoms with van der Waals surface area (Å²) in [6.07, 6.45) is 2.39. The number of ether oxygens (including phenoxy) is 2. The molecule has 0 bridgehead atoms. The first-order valence-electron chi connectivity index (χ1n) is 12.0. The van der Waals surface area contributed by atoms with E-state index in [1.165, 1.54) is 11.3 Å². The van der Waals surface area contributed by atoms with E-state index < -0.39 is 11.8 Å². The lowest BCUT2D eigenvalue weighted by atomic mass is 9.85. The second-order valence-corrected chi connectivity index (χ2v) is 11.0. The number of hydrogen-bond acceptors (Lipinski definition) is 7. The fourth-order valence-corrected chi connectivity index (χ4v) is 6.33. The van der Waals surface area contributed by atoms with Gasteiger partial charge in [-0.15, -0.1) is 11.3 Å². The summed E-state index contributed by atoms with van der Waals surface area (Å²) in [5, 5.41) is 8.13. The first-order chi connectivity index (χ1) is 17.3. The third-order valence-electron chi connectivity index (χ3n) is 7.17. The van der Waals surface area contributed by atoms with Crippen molar-refractivity contribution < 1.29 is 19.1 Å². The highest BCUT2D eigenvalue weighted by Crippen LogP contribution is 2.33. The van der Waals surface area contributed by atoms with Crippen molar-refractivity contribution in [3.63, 3.8) is 0 Å². The van der Waals surface area contributed by atoms with E-state index >= 15 is 0 Å². The van der Waals surface area contributed by atoms with Crippen LogP contribution in [0.25, 0.3) is 10.9 Å². The quantitative estimate of drug-likeness (QED) is 0.421. The lowest BCUT2D eigenvalue weighted by Gasteiger charge is -2.43. The molecule has 3 aromatic rings. The number of nitrogens with zero attached hydrogens (tertiary/aromatic N) is 2. The zero-order valence-electron chi connectivity index (χ0n) is 20.5. The molecule has 0 spiro atoms. The van der Waals surface area contributed by atoms with Crippen LogP contribution in [0.4, 0.5) is 0 Å². The molecule has 2 amide bonds. The minimum Gasteiger partial charge on any atom is -0.353 e. The first-order valence-corrected chi connectivity index (χ1v) is 13.2. The van der Waals surface area contributed by atoms with Gasteiger partial charge in [0, 0.05) is 73.4 Å². The minimum atomic E-state index is -0.831. The number of likely N-dealkylation sites (N-methyl/N-ethyl adjacent to an activating group) is 1. The summed E-state index contributed by atoms with van der Waals surface area (Å²) >= 11 is 7.52. The van der Waals surface area contributed by atoms with Crippen LogP contribution in [0.1, 0.15) is 50.1 Å². The average Bonchev–Trinajstić information content (AvgIpc) is 3.49. The zero-order chi connectivity index (χ0) is 25.4. The highest BCUT2D eigenvalue weighted by atomic mass is 35.5. The Morgan fingerprint density at radius 3 is 2.75 bits per heavy atom. The van der Waals surface area contributed by atoms with Crippen LogP contribution in [0, 0.1) is 0 Å². The molecule has 36 heavy (non-hydrogen) atoms. The molecule has 1 aliphatic carbocycles. The number of carbonyl (C=O) groups is 2. The number of H-pyrrole nitrogens is 1. The van der Waals surface area contributed by atoms with Crippen LogP contribution < -0.4 is 10.6 Å². The number of nitrogens with one attached hydrogen (secondary N) is 3. The number of benzene rings is 1. The van der Waals surface area contributed by atoms with E-state index in [0.717, 1.165) is 41.0 Å². The molecule has 192 valence electrons. The Morgan fingerprint density at radius 1 is 1.19 bits per heavy atom. The summed E-state index contributed by atoms with van der Waals surface area (Å²) in [5.41, 5.74) is 2.26. The van der Waals surface area contributed by atoms with Gasteiger partial charge in [-0.3, -0.25) is 9.59 Å². The second kappa shape index (κ2) is 10.1. The van der Waals surface area contributed by atoms with Gasteiger partial charge in [0.05, 0.1) is 11.7 Å². The molecule has 2 atom stereocenters. The minimum absolute atomic E-state index is 0.246. The SMILES string of the molecule is COC1(OC)CCC(NC(=O)c2cc3cc(Cl)ccc3[nH]2)C(NC(=O)c2nc3c(s2)CN(C)CC3)C1. The van der Waals surface area contributed by atoms with Crippen molar-refractivity contribution in [2.75, 3.05) is 27.8 Å². The van der Waals surface area contributed by atoms with Crippen molar-refractivity contribution in [2.24, 2.45) is 0 Å². The van der Waals surface area contributed by atoms with Gasteiger partial charge >= 0.3 is 0 Å². The number of thiazole rings is 1. The monoisotopic (exact) mass is 531 g/mol. The van der Waals surface area contributed by atoms with Crippen molar-refractivity contribution in [2.45, 2.75) is 50.1 Å². The van der Waals surface area contributed by atoms with Crippen LogP contribution in [-0.4, -0.2) is 72.4 Å². The Kier molecular flexibility index (Phi) is 7.06. The Hall–Kier alpha value is -2.50. The van der Waals surface area contributed by atoms with Gasteiger partial charge < -0.3 is 30.0 Å². The molecule has 1 fully saturated rings. The molecule has 2 aliphatic rings. The Morgan fingerprint density at radius 2 is 1.97 bits per heavy atom. The molecule has 11 heteroatoms. The molecule has 2 unspecified atom stereocenters. The Balaban J connectivity index is 1.34. The van der Waals surface area contributed by atoms with Gasteiger partial charge in [-0.1, -0.05) is 11.6 Å². The molecule has 5 rings (SSSR count). The number of aromatic nitrogens is 2. The number of methoxy groups -OCH3 is 2. The van der Waals surface area contributed by atoms with E-state index in [-0.39, 0.29) is 17.9 Å². The van der Waals surface area contributed by atoms with Crippen LogP contribution >= 0.6 is 22.9 Å². The molecule has 9 nitrogen and oxygen atoms in total. The molecule has 0 radical (unpaired) electrons. The van der Waals surface area contributed by atoms with E-state index in [4.69, 9.17) is 21.1 Å². The van der Waals surface area contributed by atoms with Crippen molar-refractivity contribution in [3.8, 4) is 0 Å². The van der Waals surface area contributed by atoms with Crippen LogP contribution in [0.2, 0.25) is 5.02 Å². The van der Waals surface area contributed by atoms with Crippen LogP contribution in [0.15, 0.2) is 24.3 Å². The number of rotatable bonds is 6. The molecular formula is C25H30ClN5O4S. The van der Waals surface area contributed by atoms with Crippen molar-refractivity contribution in [1.82, 2.24) is 25.5 Å². The summed E-state index contributed by atoms with van der Waals surface area (Å²) in [4.78, 5) is 37.5. The topological polar surface area (TPSA) is 109 Å². The highest BCUT2D eigenvalue weighted by Gasteiger charge is 2.43. The maximum Gasteiger partial charge on any atom is 0.280 e. The van der Waals surface area contributed by atoms with E-state index in [2.05, 4.69) is 32.5 Å². The number of amides is 2. The van der Waals surface area contributed by atoms with Gasteiger partial charge in [0.25, 0.3) is 11.8 Å². The van der Waals surface area contributed by atoms with E-state index in [1.54, 1.807) is 26.4 Å². The van der Waals surface area contributed by atoms with Gasteiger partial charge in [0.2, 0.25) is 0 Å². The van der Waals surface area contributed by atoms with Gasteiger partial charge in [-0.25, -0.2) is 4.98 Å². The summed E-state index contributed by atoms with van der Waals surface area (Å²) in [5.74, 6) is -1.33. The Bertz CT molecular complexity index is 1290. The van der Waals surface area contributed by atoms with E-state index in [1.807, 2.05) is 12.1 Å². The first kappa shape index (κ1) is 25.2. The normalized spacial score (nSPS) is 21.8. The second-order valence-electron chi connectivity index (χ2n) is 9.51. The van der Waals surface area contributed by atoms with Crippen LogP contribution in [-0.2, 0) is 22.4 Å². The van der Waals surface area contributed by atoms with Crippen molar-refractivity contribution >= 4 is 45.7 Å². The van der Waals surface area contributed by atoms with Crippen LogP contribution in [0.5, 0.6) is 0 Å². The molecule has 3 heterocycles. The number of hydrogen-bond donors (Lipinski definition) is 3. The summed E-state index contributed by atoms with van der Waals surface area (Å²) in [7, 11) is 5.26. The fraction of sp³-hybridized carbons (Fsp3) is 0.480. The Labute approximate surface area is 218 Å². The third kappa shape index (κ3) is 5.01. The zero-order valence-corrected chi connectivity index (χ0v) is 22.1. The standard InChI is InChI=1S/C25H30ClN5O4S/c1-31-9-7-18-21(13-31)36-24(30-18)23(33)29-20-12-25(34-2,35-3)8-6-17(20)28-22(32)19-11-14-10-15(26)4-5-16(14)27-19/h4-5,10-11,17,20,27H,6-9,12-13H2,1-3H3,(H,28,32)(H,29,33). The molecular weight excluding hydrogens is 502 g/mol. The maximum atomic E-state index is 13.3. The average molecular weight is 532 g/mol. The number of halogens is 1. The smallest absolute Gasteiger partial charge is 0.280 e. The molecule has 3 N–H and O–H groups in total. The summed E-state index contributed by atoms with van der Waals surface area (Å²) in [6, 6.07) is 6.49. The number of aromatic amines is 1. The third-order valence-corrected chi connectivity index (χ3v) is 8.49. The fourth-order valence-electron chi connectivity index (χ4n) is 5.06. The largest absolute Gasteiger partial charge is 0.353 e. The molecule has 1 saturated carbocycles. The summed E-state index contributed by atoms with van der Waals surface area (Å²) in [6.45, 7) is 1.73. The van der Waals surface area contributed by atoms with Gasteiger partial charge in [0.1, 0.15) is 5.69 Å². The maximum absolute atomic E-state index is 13.3. The van der Waals surface area contributed by atoms with Gasteiger partial charge in [0.15, 0.2) is 10.8 Å². The predicted octanol–water partition coefficient (Wildman–Crippen LogP) is 3.34.